The highest BCUT2D eigenvalue weighted by Gasteiger charge is 2.16. The van der Waals surface area contributed by atoms with Crippen molar-refractivity contribution in [2.24, 2.45) is 0 Å². The number of phenolic OH excluding ortho intramolecular Hbond substituents is 1. The van der Waals surface area contributed by atoms with Gasteiger partial charge < -0.3 is 21.3 Å². The van der Waals surface area contributed by atoms with E-state index >= 15 is 0 Å². The number of halogens is 1. The second-order valence-electron chi connectivity index (χ2n) is 5.29. The number of phenols is 1. The van der Waals surface area contributed by atoms with Crippen LogP contribution in [0.3, 0.4) is 0 Å². The highest BCUT2D eigenvalue weighted by Crippen LogP contribution is 2.33. The lowest BCUT2D eigenvalue weighted by Gasteiger charge is -2.19. The highest BCUT2D eigenvalue weighted by molar-refractivity contribution is 5.85. The van der Waals surface area contributed by atoms with E-state index in [9.17, 15) is 10.2 Å². The maximum absolute atomic E-state index is 10.0. The molecule has 0 fully saturated rings. The zero-order valence-electron chi connectivity index (χ0n) is 12.6. The van der Waals surface area contributed by atoms with Gasteiger partial charge in [0, 0.05) is 17.7 Å². The number of nitrogens with zero attached hydrogens (tertiary/aromatic N) is 1. The topological polar surface area (TPSA) is 91.4 Å². The Hall–Kier alpha value is -2.08. The van der Waals surface area contributed by atoms with E-state index in [0.29, 0.717) is 22.6 Å². The maximum Gasteiger partial charge on any atom is 0.130 e. The average molecular weight is 334 g/mol. The van der Waals surface area contributed by atoms with Crippen molar-refractivity contribution in [2.45, 2.75) is 13.0 Å². The second-order valence-corrected chi connectivity index (χ2v) is 5.29. The Kier molecular flexibility index (Phi) is 5.60. The van der Waals surface area contributed by atoms with Gasteiger partial charge in [0.15, 0.2) is 0 Å². The summed E-state index contributed by atoms with van der Waals surface area (Å²) in [6.07, 6.45) is 3.09. The third-order valence-electron chi connectivity index (χ3n) is 3.87. The lowest BCUT2D eigenvalue weighted by atomic mass is 9.95. The van der Waals surface area contributed by atoms with Gasteiger partial charge in [-0.2, -0.15) is 0 Å². The predicted octanol–water partition coefficient (Wildman–Crippen LogP) is 2.33. The molecule has 1 aliphatic rings. The lowest BCUT2D eigenvalue weighted by molar-refractivity contribution is 0.282. The van der Waals surface area contributed by atoms with Crippen LogP contribution in [0.25, 0.3) is 16.8 Å². The number of aromatic nitrogens is 1. The fourth-order valence-electron chi connectivity index (χ4n) is 2.72. The number of benzene rings is 1. The minimum atomic E-state index is -0.160. The van der Waals surface area contributed by atoms with E-state index in [2.05, 4.69) is 16.4 Å². The van der Waals surface area contributed by atoms with Gasteiger partial charge in [0.25, 0.3) is 0 Å². The SMILES string of the molecule is Cl.Nc1nc(-c2ccccc2O)cc(C2=CCCNC2)c1CO. The molecule has 0 atom stereocenters. The van der Waals surface area contributed by atoms with Crippen molar-refractivity contribution in [1.82, 2.24) is 10.3 Å². The second kappa shape index (κ2) is 7.46. The molecule has 23 heavy (non-hydrogen) atoms. The van der Waals surface area contributed by atoms with Crippen LogP contribution in [0.4, 0.5) is 5.82 Å². The summed E-state index contributed by atoms with van der Waals surface area (Å²) in [5, 5.41) is 23.0. The number of aromatic hydroxyl groups is 1. The summed E-state index contributed by atoms with van der Waals surface area (Å²) in [5.74, 6) is 0.456. The number of pyridine rings is 1. The molecule has 6 heteroatoms. The van der Waals surface area contributed by atoms with E-state index in [1.54, 1.807) is 18.2 Å². The van der Waals surface area contributed by atoms with Gasteiger partial charge in [-0.3, -0.25) is 0 Å². The van der Waals surface area contributed by atoms with E-state index < -0.39 is 0 Å². The van der Waals surface area contributed by atoms with E-state index in [1.165, 1.54) is 0 Å². The third kappa shape index (κ3) is 3.47. The van der Waals surface area contributed by atoms with Gasteiger partial charge in [0.2, 0.25) is 0 Å². The van der Waals surface area contributed by atoms with Crippen molar-refractivity contribution in [3.63, 3.8) is 0 Å². The molecule has 2 heterocycles. The first-order valence-corrected chi connectivity index (χ1v) is 7.29. The summed E-state index contributed by atoms with van der Waals surface area (Å²) < 4.78 is 0. The fourth-order valence-corrected chi connectivity index (χ4v) is 2.72. The molecule has 0 amide bonds. The largest absolute Gasteiger partial charge is 0.507 e. The molecular weight excluding hydrogens is 314 g/mol. The molecule has 1 aliphatic heterocycles. The summed E-state index contributed by atoms with van der Waals surface area (Å²) >= 11 is 0. The number of hydrogen-bond donors (Lipinski definition) is 4. The van der Waals surface area contributed by atoms with E-state index in [0.717, 1.165) is 30.6 Å². The Labute approximate surface area is 141 Å². The molecular formula is C17H20ClN3O2. The van der Waals surface area contributed by atoms with Gasteiger partial charge in [-0.1, -0.05) is 18.2 Å². The van der Waals surface area contributed by atoms with Crippen LogP contribution in [0.15, 0.2) is 36.4 Å². The van der Waals surface area contributed by atoms with Gasteiger partial charge in [0.05, 0.1) is 12.3 Å². The van der Waals surface area contributed by atoms with Crippen LogP contribution < -0.4 is 11.1 Å². The fraction of sp³-hybridized carbons (Fsp3) is 0.235. The number of aliphatic hydroxyl groups excluding tert-OH is 1. The van der Waals surface area contributed by atoms with E-state index in [-0.39, 0.29) is 24.8 Å². The first-order valence-electron chi connectivity index (χ1n) is 7.29. The molecule has 5 N–H and O–H groups in total. The zero-order chi connectivity index (χ0) is 15.5. The first-order chi connectivity index (χ1) is 10.7. The summed E-state index contributed by atoms with van der Waals surface area (Å²) in [5.41, 5.74) is 9.88. The third-order valence-corrected chi connectivity index (χ3v) is 3.87. The number of anilines is 1. The van der Waals surface area contributed by atoms with Crippen LogP contribution in [0.1, 0.15) is 17.5 Å². The molecule has 1 aromatic heterocycles. The lowest BCUT2D eigenvalue weighted by Crippen LogP contribution is -2.22. The molecule has 0 saturated carbocycles. The van der Waals surface area contributed by atoms with Crippen LogP contribution in [-0.4, -0.2) is 28.3 Å². The number of aliphatic hydroxyl groups is 1. The monoisotopic (exact) mass is 333 g/mol. The Morgan fingerprint density at radius 3 is 2.65 bits per heavy atom. The zero-order valence-corrected chi connectivity index (χ0v) is 13.4. The van der Waals surface area contributed by atoms with Gasteiger partial charge >= 0.3 is 0 Å². The highest BCUT2D eigenvalue weighted by atomic mass is 35.5. The van der Waals surface area contributed by atoms with Crippen LogP contribution in [0, 0.1) is 0 Å². The van der Waals surface area contributed by atoms with E-state index in [4.69, 9.17) is 5.73 Å². The normalized spacial score (nSPS) is 14.0. The van der Waals surface area contributed by atoms with Crippen molar-refractivity contribution < 1.29 is 10.2 Å². The number of rotatable bonds is 3. The van der Waals surface area contributed by atoms with Crippen molar-refractivity contribution in [3.8, 4) is 17.0 Å². The predicted molar refractivity (Wildman–Crippen MR) is 94.4 cm³/mol. The Morgan fingerprint density at radius 1 is 1.22 bits per heavy atom. The minimum absolute atomic E-state index is 0. The summed E-state index contributed by atoms with van der Waals surface area (Å²) in [7, 11) is 0. The molecule has 0 radical (unpaired) electrons. The van der Waals surface area contributed by atoms with Crippen LogP contribution in [0.2, 0.25) is 0 Å². The number of para-hydroxylation sites is 1. The first kappa shape index (κ1) is 17.3. The van der Waals surface area contributed by atoms with Gasteiger partial charge in [-0.25, -0.2) is 4.98 Å². The molecule has 122 valence electrons. The number of nitrogens with two attached hydrogens (primary N) is 1. The molecule has 3 rings (SSSR count). The van der Waals surface area contributed by atoms with Crippen LogP contribution in [-0.2, 0) is 6.61 Å². The standard InChI is InChI=1S/C17H19N3O2.ClH/c18-17-14(10-21)13(11-4-3-7-19-9-11)8-15(20-17)12-5-1-2-6-16(12)22;/h1-2,4-6,8,19,21-22H,3,7,9-10H2,(H2,18,20);1H. The number of hydrogen-bond acceptors (Lipinski definition) is 5. The van der Waals surface area contributed by atoms with Crippen molar-refractivity contribution in [2.75, 3.05) is 18.8 Å². The van der Waals surface area contributed by atoms with E-state index in [1.807, 2.05) is 12.1 Å². The van der Waals surface area contributed by atoms with Gasteiger partial charge in [0.1, 0.15) is 11.6 Å². The Balaban J connectivity index is 0.00000192. The average Bonchev–Trinajstić information content (AvgIpc) is 2.55. The molecule has 2 aromatic rings. The molecule has 0 spiro atoms. The van der Waals surface area contributed by atoms with Crippen molar-refractivity contribution >= 4 is 23.8 Å². The maximum atomic E-state index is 10.0. The summed E-state index contributed by atoms with van der Waals surface area (Å²) in [6.45, 7) is 1.52. The van der Waals surface area contributed by atoms with Crippen LogP contribution >= 0.6 is 12.4 Å². The summed E-state index contributed by atoms with van der Waals surface area (Å²) in [6, 6.07) is 8.91. The molecule has 0 bridgehead atoms. The molecule has 1 aromatic carbocycles. The van der Waals surface area contributed by atoms with Crippen LogP contribution in [0.5, 0.6) is 5.75 Å². The van der Waals surface area contributed by atoms with Crippen molar-refractivity contribution in [1.29, 1.82) is 0 Å². The summed E-state index contributed by atoms with van der Waals surface area (Å²) in [4.78, 5) is 4.34. The quantitative estimate of drug-likeness (QED) is 0.692. The van der Waals surface area contributed by atoms with Gasteiger partial charge in [-0.05, 0) is 42.3 Å². The smallest absolute Gasteiger partial charge is 0.130 e. The van der Waals surface area contributed by atoms with Gasteiger partial charge in [-0.15, -0.1) is 12.4 Å². The van der Waals surface area contributed by atoms with Crippen molar-refractivity contribution in [3.05, 3.63) is 47.5 Å². The Morgan fingerprint density at radius 2 is 2.00 bits per heavy atom. The molecule has 0 unspecified atom stereocenters. The minimum Gasteiger partial charge on any atom is -0.507 e. The Bertz CT molecular complexity index is 732. The number of nitrogens with one attached hydrogen (secondary N) is 1. The molecule has 5 nitrogen and oxygen atoms in total. The molecule has 0 aliphatic carbocycles. The number of nitrogen functional groups attached to an aromatic ring is 1. The molecule has 0 saturated heterocycles.